The molecule has 0 amide bonds. The summed E-state index contributed by atoms with van der Waals surface area (Å²) in [6.07, 6.45) is 0.736. The Kier molecular flexibility index (Phi) is 5.13. The third-order valence-corrected chi connectivity index (χ3v) is 2.27. The van der Waals surface area contributed by atoms with E-state index in [0.29, 0.717) is 6.54 Å². The summed E-state index contributed by atoms with van der Waals surface area (Å²) in [7, 11) is 1.62. The van der Waals surface area contributed by atoms with Crippen LogP contribution in [-0.2, 0) is 11.2 Å². The van der Waals surface area contributed by atoms with Gasteiger partial charge in [0, 0.05) is 0 Å². The Labute approximate surface area is 100 Å². The van der Waals surface area contributed by atoms with Gasteiger partial charge < -0.3 is 9.84 Å². The van der Waals surface area contributed by atoms with E-state index in [1.165, 1.54) is 6.92 Å². The number of ether oxygens (including phenoxy) is 1. The standard InChI is InChI=1S/C12H16N2O3/c1-9(12(15)16)14-13-8-7-10-3-5-11(17-2)6-4-10/h3-6,9H,7-8H2,1-2H3,(H,15,16). The second-order valence-electron chi connectivity index (χ2n) is 3.59. The second kappa shape index (κ2) is 6.62. The number of carboxylic acid groups (broad SMARTS) is 1. The van der Waals surface area contributed by atoms with Crippen molar-refractivity contribution in [3.63, 3.8) is 0 Å². The van der Waals surface area contributed by atoms with Crippen LogP contribution in [0.2, 0.25) is 0 Å². The van der Waals surface area contributed by atoms with Gasteiger partial charge in [-0.25, -0.2) is 4.79 Å². The largest absolute Gasteiger partial charge is 0.497 e. The van der Waals surface area contributed by atoms with Crippen molar-refractivity contribution in [1.29, 1.82) is 0 Å². The Balaban J connectivity index is 2.37. The molecular formula is C12H16N2O3. The maximum atomic E-state index is 10.5. The summed E-state index contributed by atoms with van der Waals surface area (Å²) in [6.45, 7) is 1.99. The highest BCUT2D eigenvalue weighted by atomic mass is 16.5. The summed E-state index contributed by atoms with van der Waals surface area (Å²) in [5, 5.41) is 16.1. The molecule has 0 fully saturated rings. The minimum absolute atomic E-state index is 0.490. The fourth-order valence-corrected chi connectivity index (χ4v) is 1.20. The molecule has 0 saturated heterocycles. The van der Waals surface area contributed by atoms with Gasteiger partial charge in [-0.3, -0.25) is 0 Å². The van der Waals surface area contributed by atoms with Crippen LogP contribution in [0.5, 0.6) is 5.75 Å². The molecular weight excluding hydrogens is 220 g/mol. The van der Waals surface area contributed by atoms with Crippen LogP contribution in [-0.4, -0.2) is 30.8 Å². The Bertz CT molecular complexity index is 387. The van der Waals surface area contributed by atoms with Crippen LogP contribution in [0.25, 0.3) is 0 Å². The van der Waals surface area contributed by atoms with Crippen molar-refractivity contribution >= 4 is 5.97 Å². The summed E-state index contributed by atoms with van der Waals surface area (Å²) in [6, 6.07) is 6.90. The molecule has 0 spiro atoms. The van der Waals surface area contributed by atoms with Gasteiger partial charge in [0.15, 0.2) is 6.04 Å². The quantitative estimate of drug-likeness (QED) is 0.769. The molecule has 0 bridgehead atoms. The molecule has 1 aromatic rings. The Morgan fingerprint density at radius 1 is 1.41 bits per heavy atom. The van der Waals surface area contributed by atoms with Crippen LogP contribution in [0.15, 0.2) is 34.5 Å². The van der Waals surface area contributed by atoms with Crippen LogP contribution in [0.3, 0.4) is 0 Å². The number of azo groups is 1. The number of carbonyl (C=O) groups is 1. The van der Waals surface area contributed by atoms with Gasteiger partial charge in [-0.05, 0) is 31.0 Å². The monoisotopic (exact) mass is 236 g/mol. The van der Waals surface area contributed by atoms with Crippen LogP contribution in [0.1, 0.15) is 12.5 Å². The van der Waals surface area contributed by atoms with Crippen molar-refractivity contribution < 1.29 is 14.6 Å². The van der Waals surface area contributed by atoms with Gasteiger partial charge >= 0.3 is 5.97 Å². The minimum Gasteiger partial charge on any atom is -0.497 e. The average molecular weight is 236 g/mol. The SMILES string of the molecule is COc1ccc(CCN=NC(C)C(=O)O)cc1. The molecule has 5 nitrogen and oxygen atoms in total. The average Bonchev–Trinajstić information content (AvgIpc) is 2.35. The van der Waals surface area contributed by atoms with Gasteiger partial charge in [-0.15, -0.1) is 0 Å². The molecule has 1 atom stereocenters. The highest BCUT2D eigenvalue weighted by Crippen LogP contribution is 2.11. The zero-order chi connectivity index (χ0) is 12.7. The van der Waals surface area contributed by atoms with E-state index in [2.05, 4.69) is 10.2 Å². The third-order valence-electron chi connectivity index (χ3n) is 2.27. The van der Waals surface area contributed by atoms with Crippen LogP contribution < -0.4 is 4.74 Å². The first-order chi connectivity index (χ1) is 8.13. The molecule has 1 aromatic carbocycles. The number of benzene rings is 1. The van der Waals surface area contributed by atoms with E-state index < -0.39 is 12.0 Å². The van der Waals surface area contributed by atoms with Crippen LogP contribution >= 0.6 is 0 Å². The topological polar surface area (TPSA) is 71.2 Å². The van der Waals surface area contributed by atoms with Crippen molar-refractivity contribution in [3.05, 3.63) is 29.8 Å². The second-order valence-corrected chi connectivity index (χ2v) is 3.59. The number of hydrogen-bond donors (Lipinski definition) is 1. The molecule has 0 aliphatic carbocycles. The lowest BCUT2D eigenvalue weighted by Gasteiger charge is -2.01. The highest BCUT2D eigenvalue weighted by Gasteiger charge is 2.07. The van der Waals surface area contributed by atoms with Gasteiger partial charge in [-0.1, -0.05) is 12.1 Å². The normalized spacial score (nSPS) is 12.6. The van der Waals surface area contributed by atoms with Gasteiger partial charge in [0.2, 0.25) is 0 Å². The van der Waals surface area contributed by atoms with E-state index in [4.69, 9.17) is 9.84 Å². The van der Waals surface area contributed by atoms with Crippen molar-refractivity contribution in [2.45, 2.75) is 19.4 Å². The molecule has 17 heavy (non-hydrogen) atoms. The first kappa shape index (κ1) is 13.2. The fourth-order valence-electron chi connectivity index (χ4n) is 1.20. The maximum Gasteiger partial charge on any atom is 0.330 e. The maximum absolute atomic E-state index is 10.5. The number of rotatable bonds is 6. The van der Waals surface area contributed by atoms with Crippen LogP contribution in [0.4, 0.5) is 0 Å². The molecule has 1 unspecified atom stereocenters. The lowest BCUT2D eigenvalue weighted by Crippen LogP contribution is -2.12. The Hall–Kier alpha value is -1.91. The predicted molar refractivity (Wildman–Crippen MR) is 63.5 cm³/mol. The molecule has 1 N–H and O–H groups in total. The molecule has 0 aliphatic heterocycles. The van der Waals surface area contributed by atoms with E-state index in [9.17, 15) is 4.79 Å². The number of aliphatic carboxylic acids is 1. The van der Waals surface area contributed by atoms with Gasteiger partial charge in [0.25, 0.3) is 0 Å². The summed E-state index contributed by atoms with van der Waals surface area (Å²) in [5.41, 5.74) is 1.12. The number of nitrogens with zero attached hydrogens (tertiary/aromatic N) is 2. The lowest BCUT2D eigenvalue weighted by atomic mass is 10.1. The summed E-state index contributed by atoms with van der Waals surface area (Å²) in [4.78, 5) is 10.5. The fraction of sp³-hybridized carbons (Fsp3) is 0.417. The molecule has 0 aromatic heterocycles. The zero-order valence-electron chi connectivity index (χ0n) is 9.96. The lowest BCUT2D eigenvalue weighted by molar-refractivity contribution is -0.138. The Morgan fingerprint density at radius 3 is 2.59 bits per heavy atom. The number of carboxylic acids is 1. The van der Waals surface area contributed by atoms with Crippen molar-refractivity contribution in [1.82, 2.24) is 0 Å². The van der Waals surface area contributed by atoms with E-state index in [-0.39, 0.29) is 0 Å². The van der Waals surface area contributed by atoms with E-state index in [1.54, 1.807) is 7.11 Å². The third kappa shape index (κ3) is 4.63. The van der Waals surface area contributed by atoms with Crippen LogP contribution in [0, 0.1) is 0 Å². The first-order valence-corrected chi connectivity index (χ1v) is 5.36. The van der Waals surface area contributed by atoms with Gasteiger partial charge in [0.05, 0.1) is 13.7 Å². The molecule has 1 rings (SSSR count). The number of methoxy groups -OCH3 is 1. The molecule has 0 aliphatic rings. The van der Waals surface area contributed by atoms with Gasteiger partial charge in [-0.2, -0.15) is 10.2 Å². The molecule has 5 heteroatoms. The smallest absolute Gasteiger partial charge is 0.330 e. The van der Waals surface area contributed by atoms with Crippen molar-refractivity contribution in [3.8, 4) is 5.75 Å². The Morgan fingerprint density at radius 2 is 2.06 bits per heavy atom. The predicted octanol–water partition coefficient (Wildman–Crippen LogP) is 2.16. The summed E-state index contributed by atoms with van der Waals surface area (Å²) < 4.78 is 5.05. The van der Waals surface area contributed by atoms with Crippen molar-refractivity contribution in [2.75, 3.05) is 13.7 Å². The summed E-state index contributed by atoms with van der Waals surface area (Å²) in [5.74, 6) is -0.145. The molecule has 0 heterocycles. The van der Waals surface area contributed by atoms with Gasteiger partial charge in [0.1, 0.15) is 5.75 Å². The zero-order valence-corrected chi connectivity index (χ0v) is 9.96. The molecule has 92 valence electrons. The van der Waals surface area contributed by atoms with E-state index in [0.717, 1.165) is 17.7 Å². The number of hydrogen-bond acceptors (Lipinski definition) is 4. The summed E-state index contributed by atoms with van der Waals surface area (Å²) >= 11 is 0. The molecule has 0 saturated carbocycles. The van der Waals surface area contributed by atoms with E-state index in [1.807, 2.05) is 24.3 Å². The first-order valence-electron chi connectivity index (χ1n) is 5.36. The minimum atomic E-state index is -0.960. The van der Waals surface area contributed by atoms with Crippen molar-refractivity contribution in [2.24, 2.45) is 10.2 Å². The van der Waals surface area contributed by atoms with E-state index >= 15 is 0 Å². The highest BCUT2D eigenvalue weighted by molar-refractivity contribution is 5.72. The molecule has 0 radical (unpaired) electrons.